The van der Waals surface area contributed by atoms with E-state index in [2.05, 4.69) is 0 Å². The Morgan fingerprint density at radius 2 is 1.89 bits per heavy atom. The van der Waals surface area contributed by atoms with Gasteiger partial charge in [0.15, 0.2) is 0 Å². The van der Waals surface area contributed by atoms with Crippen LogP contribution in [0.4, 0.5) is 0 Å². The van der Waals surface area contributed by atoms with Gasteiger partial charge in [0.25, 0.3) is 0 Å². The maximum atomic E-state index is 11.9. The minimum atomic E-state index is -0.845. The third-order valence-electron chi connectivity index (χ3n) is 3.89. The summed E-state index contributed by atoms with van der Waals surface area (Å²) in [6, 6.07) is 0. The Balaban J connectivity index is 2.24. The third kappa shape index (κ3) is 5.07. The lowest BCUT2D eigenvalue weighted by Gasteiger charge is -2.23. The maximum Gasteiger partial charge on any atom is 0.308 e. The quantitative estimate of drug-likeness (QED) is 0.793. The number of aliphatic carboxylic acids is 1. The number of hydrogen-bond donors (Lipinski definition) is 1. The summed E-state index contributed by atoms with van der Waals surface area (Å²) in [5.74, 6) is -0.558. The number of amides is 1. The Morgan fingerprint density at radius 1 is 1.28 bits per heavy atom. The van der Waals surface area contributed by atoms with Gasteiger partial charge in [0.1, 0.15) is 0 Å². The van der Waals surface area contributed by atoms with E-state index in [1.165, 1.54) is 32.1 Å². The zero-order chi connectivity index (χ0) is 13.5. The zero-order valence-corrected chi connectivity index (χ0v) is 11.5. The van der Waals surface area contributed by atoms with Crippen LogP contribution in [0.5, 0.6) is 0 Å². The van der Waals surface area contributed by atoms with E-state index in [0.717, 1.165) is 6.42 Å². The minimum Gasteiger partial charge on any atom is -0.481 e. The molecule has 0 heterocycles. The molecule has 18 heavy (non-hydrogen) atoms. The van der Waals surface area contributed by atoms with E-state index in [1.54, 1.807) is 18.9 Å². The van der Waals surface area contributed by atoms with Crippen LogP contribution in [0, 0.1) is 11.8 Å². The number of rotatable bonds is 6. The lowest BCUT2D eigenvalue weighted by Crippen LogP contribution is -2.33. The first kappa shape index (κ1) is 15.0. The number of hydrogen-bond acceptors (Lipinski definition) is 2. The second kappa shape index (κ2) is 7.39. The molecule has 1 aliphatic rings. The fraction of sp³-hybridized carbons (Fsp3) is 0.857. The standard InChI is InChI=1S/C14H25NO3/c1-11(14(17)18)10-15(2)13(16)9-8-12-6-4-3-5-7-12/h11-12H,3-10H2,1-2H3,(H,17,18). The summed E-state index contributed by atoms with van der Waals surface area (Å²) in [6.45, 7) is 1.94. The van der Waals surface area contributed by atoms with Crippen molar-refractivity contribution < 1.29 is 14.7 Å². The molecule has 1 unspecified atom stereocenters. The molecule has 104 valence electrons. The largest absolute Gasteiger partial charge is 0.481 e. The smallest absolute Gasteiger partial charge is 0.308 e. The SMILES string of the molecule is CC(CN(C)C(=O)CCC1CCCCC1)C(=O)O. The first-order valence-electron chi connectivity index (χ1n) is 6.97. The van der Waals surface area contributed by atoms with Crippen LogP contribution in [0.3, 0.4) is 0 Å². The first-order valence-corrected chi connectivity index (χ1v) is 6.97. The molecule has 1 fully saturated rings. The van der Waals surface area contributed by atoms with Crippen molar-refractivity contribution >= 4 is 11.9 Å². The topological polar surface area (TPSA) is 57.6 Å². The molecule has 1 aliphatic carbocycles. The Morgan fingerprint density at radius 3 is 2.44 bits per heavy atom. The molecule has 0 spiro atoms. The lowest BCUT2D eigenvalue weighted by atomic mass is 9.86. The molecule has 0 aliphatic heterocycles. The van der Waals surface area contributed by atoms with Crippen molar-refractivity contribution in [3.63, 3.8) is 0 Å². The van der Waals surface area contributed by atoms with Gasteiger partial charge in [-0.15, -0.1) is 0 Å². The molecule has 0 bridgehead atoms. The van der Waals surface area contributed by atoms with Gasteiger partial charge in [0, 0.05) is 20.0 Å². The van der Waals surface area contributed by atoms with E-state index in [0.29, 0.717) is 18.9 Å². The Kier molecular flexibility index (Phi) is 6.16. The third-order valence-corrected chi connectivity index (χ3v) is 3.89. The van der Waals surface area contributed by atoms with Gasteiger partial charge in [-0.05, 0) is 12.3 Å². The highest BCUT2D eigenvalue weighted by Crippen LogP contribution is 2.27. The molecule has 4 heteroatoms. The summed E-state index contributed by atoms with van der Waals surface area (Å²) in [4.78, 5) is 24.2. The average Bonchev–Trinajstić information content (AvgIpc) is 2.36. The van der Waals surface area contributed by atoms with Gasteiger partial charge < -0.3 is 10.0 Å². The first-order chi connectivity index (χ1) is 8.50. The van der Waals surface area contributed by atoms with Crippen LogP contribution >= 0.6 is 0 Å². The molecule has 0 aromatic heterocycles. The van der Waals surface area contributed by atoms with Gasteiger partial charge in [-0.2, -0.15) is 0 Å². The van der Waals surface area contributed by atoms with Gasteiger partial charge in [-0.25, -0.2) is 0 Å². The van der Waals surface area contributed by atoms with Crippen molar-refractivity contribution in [2.75, 3.05) is 13.6 Å². The fourth-order valence-electron chi connectivity index (χ4n) is 2.58. The van der Waals surface area contributed by atoms with Crippen LogP contribution in [0.15, 0.2) is 0 Å². The van der Waals surface area contributed by atoms with Crippen molar-refractivity contribution in [1.82, 2.24) is 4.90 Å². The van der Waals surface area contributed by atoms with E-state index < -0.39 is 11.9 Å². The normalized spacial score (nSPS) is 18.3. The van der Waals surface area contributed by atoms with Crippen LogP contribution in [0.25, 0.3) is 0 Å². The summed E-state index contributed by atoms with van der Waals surface area (Å²) in [6.07, 6.45) is 7.96. The fourth-order valence-corrected chi connectivity index (χ4v) is 2.58. The summed E-state index contributed by atoms with van der Waals surface area (Å²) in [5.41, 5.74) is 0. The molecule has 0 radical (unpaired) electrons. The number of carboxylic acid groups (broad SMARTS) is 1. The molecule has 4 nitrogen and oxygen atoms in total. The van der Waals surface area contributed by atoms with Crippen LogP contribution in [-0.2, 0) is 9.59 Å². The molecule has 0 saturated heterocycles. The molecule has 1 rings (SSSR count). The van der Waals surface area contributed by atoms with E-state index in [9.17, 15) is 9.59 Å². The molecule has 1 amide bonds. The highest BCUT2D eigenvalue weighted by Gasteiger charge is 2.19. The summed E-state index contributed by atoms with van der Waals surface area (Å²) in [5, 5.41) is 8.81. The molecular formula is C14H25NO3. The van der Waals surface area contributed by atoms with E-state index >= 15 is 0 Å². The monoisotopic (exact) mass is 255 g/mol. The Labute approximate surface area is 109 Å². The van der Waals surface area contributed by atoms with E-state index in [-0.39, 0.29) is 5.91 Å². The summed E-state index contributed by atoms with van der Waals surface area (Å²) in [7, 11) is 1.70. The Bertz CT molecular complexity index is 285. The lowest BCUT2D eigenvalue weighted by molar-refractivity contribution is -0.142. The maximum absolute atomic E-state index is 11.9. The van der Waals surface area contributed by atoms with Crippen LogP contribution in [-0.4, -0.2) is 35.5 Å². The highest BCUT2D eigenvalue weighted by molar-refractivity contribution is 5.77. The second-order valence-corrected chi connectivity index (χ2v) is 5.56. The van der Waals surface area contributed by atoms with E-state index in [1.807, 2.05) is 0 Å². The molecule has 0 aromatic carbocycles. The predicted octanol–water partition coefficient (Wildman–Crippen LogP) is 2.53. The number of carbonyl (C=O) groups is 2. The molecule has 1 N–H and O–H groups in total. The number of carboxylic acids is 1. The highest BCUT2D eigenvalue weighted by atomic mass is 16.4. The molecule has 1 atom stereocenters. The van der Waals surface area contributed by atoms with Gasteiger partial charge >= 0.3 is 5.97 Å². The molecular weight excluding hydrogens is 230 g/mol. The van der Waals surface area contributed by atoms with Crippen LogP contribution in [0.1, 0.15) is 51.9 Å². The van der Waals surface area contributed by atoms with Crippen molar-refractivity contribution in [1.29, 1.82) is 0 Å². The van der Waals surface area contributed by atoms with Gasteiger partial charge in [-0.1, -0.05) is 39.0 Å². The molecule has 0 aromatic rings. The number of nitrogens with zero attached hydrogens (tertiary/aromatic N) is 1. The zero-order valence-electron chi connectivity index (χ0n) is 11.5. The van der Waals surface area contributed by atoms with Gasteiger partial charge in [0.2, 0.25) is 5.91 Å². The van der Waals surface area contributed by atoms with Crippen molar-refractivity contribution in [3.8, 4) is 0 Å². The minimum absolute atomic E-state index is 0.0775. The Hall–Kier alpha value is -1.06. The van der Waals surface area contributed by atoms with Gasteiger partial charge in [-0.3, -0.25) is 9.59 Å². The van der Waals surface area contributed by atoms with Crippen molar-refractivity contribution in [2.45, 2.75) is 51.9 Å². The summed E-state index contributed by atoms with van der Waals surface area (Å²) >= 11 is 0. The molecule has 1 saturated carbocycles. The summed E-state index contributed by atoms with van der Waals surface area (Å²) < 4.78 is 0. The van der Waals surface area contributed by atoms with Crippen molar-refractivity contribution in [2.24, 2.45) is 11.8 Å². The van der Waals surface area contributed by atoms with Crippen molar-refractivity contribution in [3.05, 3.63) is 0 Å². The number of carbonyl (C=O) groups excluding carboxylic acids is 1. The average molecular weight is 255 g/mol. The van der Waals surface area contributed by atoms with Crippen LogP contribution in [0.2, 0.25) is 0 Å². The second-order valence-electron chi connectivity index (χ2n) is 5.56. The van der Waals surface area contributed by atoms with E-state index in [4.69, 9.17) is 5.11 Å². The van der Waals surface area contributed by atoms with Gasteiger partial charge in [0.05, 0.1) is 5.92 Å². The van der Waals surface area contributed by atoms with Crippen LogP contribution < -0.4 is 0 Å². The predicted molar refractivity (Wildman–Crippen MR) is 70.2 cm³/mol.